The number of nitrogens with one attached hydrogen (secondary N) is 1. The number of amides is 1. The molecule has 0 unspecified atom stereocenters. The van der Waals surface area contributed by atoms with Gasteiger partial charge < -0.3 is 5.32 Å². The van der Waals surface area contributed by atoms with Crippen LogP contribution in [0.15, 0.2) is 36.4 Å². The lowest BCUT2D eigenvalue weighted by Gasteiger charge is -2.26. The number of Topliss-reactive ketones (excluding diaryl/α,β-unsaturated/α-hetero) is 1. The lowest BCUT2D eigenvalue weighted by molar-refractivity contribution is -0.121. The summed E-state index contributed by atoms with van der Waals surface area (Å²) in [6, 6.07) is 9.42. The number of ketones is 1. The number of hydrogen-bond donors (Lipinski definition) is 1. The molecule has 1 fully saturated rings. The van der Waals surface area contributed by atoms with E-state index >= 15 is 0 Å². The van der Waals surface area contributed by atoms with Crippen molar-refractivity contribution in [3.8, 4) is 11.4 Å². The number of benzene rings is 1. The summed E-state index contributed by atoms with van der Waals surface area (Å²) in [5.74, 6) is 0.673. The monoisotopic (exact) mass is 450 g/mol. The second kappa shape index (κ2) is 9.97. The number of rotatable bonds is 7. The highest BCUT2D eigenvalue weighted by atomic mass is 19.1. The summed E-state index contributed by atoms with van der Waals surface area (Å²) in [7, 11) is 0. The van der Waals surface area contributed by atoms with E-state index in [1.54, 1.807) is 36.8 Å². The fourth-order valence-corrected chi connectivity index (χ4v) is 4.21. The van der Waals surface area contributed by atoms with Gasteiger partial charge in [-0.15, -0.1) is 10.2 Å². The van der Waals surface area contributed by atoms with Gasteiger partial charge >= 0.3 is 0 Å². The number of aryl methyl sites for hydroxylation is 1. The minimum Gasteiger partial charge on any atom is -0.347 e. The predicted octanol–water partition coefficient (Wildman–Crippen LogP) is 3.51. The minimum absolute atomic E-state index is 0.188. The average molecular weight is 451 g/mol. The van der Waals surface area contributed by atoms with Gasteiger partial charge in [-0.3, -0.25) is 9.59 Å². The molecule has 9 heteroatoms. The maximum atomic E-state index is 13.0. The van der Waals surface area contributed by atoms with Gasteiger partial charge in [0.25, 0.3) is 5.91 Å². The third-order valence-electron chi connectivity index (χ3n) is 6.11. The molecule has 3 aromatic rings. The number of carbonyl (C=O) groups excluding carboxylic acids is 2. The molecular formula is C24H27FN6O2. The van der Waals surface area contributed by atoms with Crippen molar-refractivity contribution in [1.29, 1.82) is 0 Å². The second-order valence-corrected chi connectivity index (χ2v) is 8.69. The molecule has 1 N–H and O–H groups in total. The van der Waals surface area contributed by atoms with Crippen LogP contribution in [0.4, 0.5) is 4.39 Å². The van der Waals surface area contributed by atoms with E-state index in [-0.39, 0.29) is 35.7 Å². The standard InChI is InChI=1S/C24H27FN6O2/c1-15-11-20(12-22(27-15)24(33)26-13-17-5-9-21(25)10-6-17)23-28-30-31(29-23)14-18-3-7-19(8-4-18)16(2)32/h5-6,9-12,18-19H,3-4,7-8,13-14H2,1-2H3,(H,26,33)/t18-,19-. The molecule has 33 heavy (non-hydrogen) atoms. The summed E-state index contributed by atoms with van der Waals surface area (Å²) >= 11 is 0. The normalized spacial score (nSPS) is 18.2. The number of pyridine rings is 1. The van der Waals surface area contributed by atoms with Crippen molar-refractivity contribution < 1.29 is 14.0 Å². The summed E-state index contributed by atoms with van der Waals surface area (Å²) in [5.41, 5.74) is 2.38. The molecule has 1 aromatic carbocycles. The van der Waals surface area contributed by atoms with Gasteiger partial charge in [0, 0.05) is 23.7 Å². The van der Waals surface area contributed by atoms with Crippen molar-refractivity contribution in [2.75, 3.05) is 0 Å². The van der Waals surface area contributed by atoms with E-state index in [9.17, 15) is 14.0 Å². The number of tetrazole rings is 1. The zero-order valence-electron chi connectivity index (χ0n) is 18.8. The third-order valence-corrected chi connectivity index (χ3v) is 6.11. The molecule has 1 saturated carbocycles. The molecule has 1 aliphatic carbocycles. The molecule has 1 amide bonds. The Kier molecular flexibility index (Phi) is 6.86. The van der Waals surface area contributed by atoms with Crippen molar-refractivity contribution in [2.45, 2.75) is 52.6 Å². The van der Waals surface area contributed by atoms with Crippen molar-refractivity contribution in [2.24, 2.45) is 11.8 Å². The van der Waals surface area contributed by atoms with E-state index < -0.39 is 0 Å². The number of carbonyl (C=O) groups is 2. The number of aromatic nitrogens is 5. The van der Waals surface area contributed by atoms with Gasteiger partial charge in [0.1, 0.15) is 17.3 Å². The van der Waals surface area contributed by atoms with E-state index in [1.807, 2.05) is 6.07 Å². The first-order valence-corrected chi connectivity index (χ1v) is 11.2. The highest BCUT2D eigenvalue weighted by Gasteiger charge is 2.25. The smallest absolute Gasteiger partial charge is 0.270 e. The minimum atomic E-state index is -0.334. The van der Waals surface area contributed by atoms with Crippen LogP contribution in [-0.2, 0) is 17.9 Å². The van der Waals surface area contributed by atoms with Gasteiger partial charge in [-0.1, -0.05) is 12.1 Å². The summed E-state index contributed by atoms with van der Waals surface area (Å²) < 4.78 is 13.0. The van der Waals surface area contributed by atoms with Gasteiger partial charge in [-0.05, 0) is 80.5 Å². The van der Waals surface area contributed by atoms with Gasteiger partial charge in [0.05, 0.1) is 6.54 Å². The Morgan fingerprint density at radius 3 is 2.55 bits per heavy atom. The molecule has 0 spiro atoms. The van der Waals surface area contributed by atoms with Crippen LogP contribution in [-0.4, -0.2) is 36.9 Å². The topological polar surface area (TPSA) is 103 Å². The highest BCUT2D eigenvalue weighted by Crippen LogP contribution is 2.30. The van der Waals surface area contributed by atoms with Crippen LogP contribution >= 0.6 is 0 Å². The maximum Gasteiger partial charge on any atom is 0.270 e. The molecule has 0 atom stereocenters. The van der Waals surface area contributed by atoms with E-state index in [0.29, 0.717) is 29.5 Å². The summed E-state index contributed by atoms with van der Waals surface area (Å²) in [4.78, 5) is 30.1. The van der Waals surface area contributed by atoms with Gasteiger partial charge in [-0.2, -0.15) is 4.80 Å². The summed E-state index contributed by atoms with van der Waals surface area (Å²) in [6.45, 7) is 4.40. The largest absolute Gasteiger partial charge is 0.347 e. The summed E-state index contributed by atoms with van der Waals surface area (Å²) in [6.07, 6.45) is 3.80. The molecule has 0 bridgehead atoms. The molecule has 2 aromatic heterocycles. The van der Waals surface area contributed by atoms with Gasteiger partial charge in [0.15, 0.2) is 0 Å². The first-order valence-electron chi connectivity index (χ1n) is 11.2. The van der Waals surface area contributed by atoms with Crippen molar-refractivity contribution in [3.63, 3.8) is 0 Å². The third kappa shape index (κ3) is 5.85. The Balaban J connectivity index is 1.40. The SMILES string of the molecule is Cc1cc(-c2nnn(C[C@H]3CC[C@H](C(C)=O)CC3)n2)cc(C(=O)NCc2ccc(F)cc2)n1. The molecule has 0 aliphatic heterocycles. The molecule has 4 rings (SSSR count). The second-order valence-electron chi connectivity index (χ2n) is 8.69. The molecular weight excluding hydrogens is 423 g/mol. The Bertz CT molecular complexity index is 1140. The van der Waals surface area contributed by atoms with Crippen molar-refractivity contribution >= 4 is 11.7 Å². The molecule has 172 valence electrons. The van der Waals surface area contributed by atoms with Crippen molar-refractivity contribution in [3.05, 3.63) is 59.2 Å². The van der Waals surface area contributed by atoms with E-state index in [2.05, 4.69) is 25.7 Å². The molecule has 8 nitrogen and oxygen atoms in total. The van der Waals surface area contributed by atoms with Crippen LogP contribution in [0.1, 0.15) is 54.4 Å². The predicted molar refractivity (Wildman–Crippen MR) is 119 cm³/mol. The van der Waals surface area contributed by atoms with E-state index in [0.717, 1.165) is 31.2 Å². The first-order chi connectivity index (χ1) is 15.9. The fraction of sp³-hybridized carbons (Fsp3) is 0.417. The molecule has 2 heterocycles. The number of halogens is 1. The zero-order chi connectivity index (χ0) is 23.4. The highest BCUT2D eigenvalue weighted by molar-refractivity contribution is 5.93. The Hall–Kier alpha value is -3.49. The lowest BCUT2D eigenvalue weighted by Crippen LogP contribution is -2.24. The lowest BCUT2D eigenvalue weighted by atomic mass is 9.80. The number of hydrogen-bond acceptors (Lipinski definition) is 6. The van der Waals surface area contributed by atoms with Crippen LogP contribution in [0.3, 0.4) is 0 Å². The van der Waals surface area contributed by atoms with Crippen LogP contribution in [0.5, 0.6) is 0 Å². The molecule has 1 aliphatic rings. The first kappa shape index (κ1) is 22.7. The fourth-order valence-electron chi connectivity index (χ4n) is 4.21. The van der Waals surface area contributed by atoms with Crippen LogP contribution in [0.25, 0.3) is 11.4 Å². The number of nitrogens with zero attached hydrogens (tertiary/aromatic N) is 5. The quantitative estimate of drug-likeness (QED) is 0.591. The molecule has 0 radical (unpaired) electrons. The molecule has 0 saturated heterocycles. The summed E-state index contributed by atoms with van der Waals surface area (Å²) in [5, 5.41) is 15.7. The van der Waals surface area contributed by atoms with Crippen molar-refractivity contribution in [1.82, 2.24) is 30.5 Å². The van der Waals surface area contributed by atoms with Crippen LogP contribution in [0.2, 0.25) is 0 Å². The average Bonchev–Trinajstić information content (AvgIpc) is 3.27. The zero-order valence-corrected chi connectivity index (χ0v) is 18.8. The maximum absolute atomic E-state index is 13.0. The Morgan fingerprint density at radius 2 is 1.85 bits per heavy atom. The Labute approximate surface area is 191 Å². The van der Waals surface area contributed by atoms with Gasteiger partial charge in [0.2, 0.25) is 5.82 Å². The van der Waals surface area contributed by atoms with Crippen LogP contribution < -0.4 is 5.32 Å². The Morgan fingerprint density at radius 1 is 1.12 bits per heavy atom. The van der Waals surface area contributed by atoms with E-state index in [1.165, 1.54) is 12.1 Å². The van der Waals surface area contributed by atoms with Crippen LogP contribution in [0, 0.1) is 24.6 Å². The van der Waals surface area contributed by atoms with E-state index in [4.69, 9.17) is 0 Å². The van der Waals surface area contributed by atoms with Gasteiger partial charge in [-0.25, -0.2) is 9.37 Å².